The molecule has 5 nitrogen and oxygen atoms in total. The third-order valence-corrected chi connectivity index (χ3v) is 5.60. The molecule has 29 heavy (non-hydrogen) atoms. The van der Waals surface area contributed by atoms with Crippen LogP contribution in [0, 0.1) is 0 Å². The van der Waals surface area contributed by atoms with Crippen LogP contribution in [0.1, 0.15) is 28.2 Å². The van der Waals surface area contributed by atoms with Gasteiger partial charge in [0.25, 0.3) is 5.91 Å². The highest BCUT2D eigenvalue weighted by atomic mass is 32.1. The average molecular weight is 404 g/mol. The first-order valence-corrected chi connectivity index (χ1v) is 10.2. The van der Waals surface area contributed by atoms with Gasteiger partial charge in [-0.15, -0.1) is 11.3 Å². The van der Waals surface area contributed by atoms with Crippen molar-refractivity contribution in [2.45, 2.75) is 13.0 Å². The number of aromatic nitrogens is 1. The van der Waals surface area contributed by atoms with Crippen LogP contribution in [-0.4, -0.2) is 23.1 Å². The second-order valence-corrected chi connectivity index (χ2v) is 7.58. The number of rotatable bonds is 6. The number of ether oxygens (including phenoxy) is 1. The first kappa shape index (κ1) is 19.0. The highest BCUT2D eigenvalue weighted by Crippen LogP contribution is 2.24. The van der Waals surface area contributed by atoms with Crippen molar-refractivity contribution in [1.29, 1.82) is 0 Å². The largest absolute Gasteiger partial charge is 0.451 e. The first-order chi connectivity index (χ1) is 14.1. The monoisotopic (exact) mass is 404 g/mol. The molecule has 0 radical (unpaired) electrons. The quantitative estimate of drug-likeness (QED) is 0.473. The summed E-state index contributed by atoms with van der Waals surface area (Å²) >= 11 is 1.29. The summed E-state index contributed by atoms with van der Waals surface area (Å²) in [6.07, 6.45) is 3.72. The Morgan fingerprint density at radius 1 is 1.03 bits per heavy atom. The lowest BCUT2D eigenvalue weighted by Gasteiger charge is -2.16. The summed E-state index contributed by atoms with van der Waals surface area (Å²) in [5.74, 6) is -0.838. The number of nitrogens with one attached hydrogen (secondary N) is 1. The fourth-order valence-electron chi connectivity index (χ4n) is 3.34. The Labute approximate surface area is 172 Å². The molecule has 0 aliphatic rings. The van der Waals surface area contributed by atoms with Crippen LogP contribution in [0.4, 0.5) is 0 Å². The fraction of sp³-hybridized carbons (Fsp3) is 0.130. The minimum absolute atomic E-state index is 0.204. The van der Waals surface area contributed by atoms with Gasteiger partial charge in [0.05, 0.1) is 11.7 Å². The van der Waals surface area contributed by atoms with Crippen molar-refractivity contribution in [3.8, 4) is 5.69 Å². The molecule has 1 atom stereocenters. The van der Waals surface area contributed by atoms with E-state index in [0.717, 1.165) is 22.0 Å². The Balaban J connectivity index is 1.39. The molecule has 4 aromatic rings. The van der Waals surface area contributed by atoms with E-state index in [0.29, 0.717) is 4.88 Å². The zero-order valence-electron chi connectivity index (χ0n) is 15.9. The summed E-state index contributed by atoms with van der Waals surface area (Å²) < 4.78 is 7.10. The number of fused-ring (bicyclic) bond motifs is 1. The highest BCUT2D eigenvalue weighted by Gasteiger charge is 2.18. The van der Waals surface area contributed by atoms with Crippen LogP contribution < -0.4 is 5.32 Å². The molecule has 2 heterocycles. The third-order valence-electron chi connectivity index (χ3n) is 4.71. The van der Waals surface area contributed by atoms with Crippen LogP contribution in [0.3, 0.4) is 0 Å². The summed E-state index contributed by atoms with van der Waals surface area (Å²) in [7, 11) is 0. The van der Waals surface area contributed by atoms with Gasteiger partial charge in [-0.25, -0.2) is 4.79 Å². The standard InChI is InChI=1S/C23H20N2O3S/c1-16(18-10-6-8-17-7-2-3-9-19(17)18)24-21(26)15-28-23(27)22-20(11-14-29-22)25-12-4-5-13-25/h2-14,16H,15H2,1H3,(H,24,26). The lowest BCUT2D eigenvalue weighted by atomic mass is 10.00. The van der Waals surface area contributed by atoms with Crippen molar-refractivity contribution in [1.82, 2.24) is 9.88 Å². The molecule has 0 saturated heterocycles. The second-order valence-electron chi connectivity index (χ2n) is 6.66. The minimum atomic E-state index is -0.503. The summed E-state index contributed by atoms with van der Waals surface area (Å²) in [5.41, 5.74) is 1.77. The number of thiophene rings is 1. The number of nitrogens with zero attached hydrogens (tertiary/aromatic N) is 1. The average Bonchev–Trinajstić information content (AvgIpc) is 3.43. The van der Waals surface area contributed by atoms with E-state index in [2.05, 4.69) is 5.32 Å². The van der Waals surface area contributed by atoms with Crippen LogP contribution in [0.25, 0.3) is 16.5 Å². The summed E-state index contributed by atoms with van der Waals surface area (Å²) in [6.45, 7) is 1.60. The lowest BCUT2D eigenvalue weighted by molar-refractivity contribution is -0.124. The first-order valence-electron chi connectivity index (χ1n) is 9.28. The molecule has 4 rings (SSSR count). The van der Waals surface area contributed by atoms with Gasteiger partial charge in [0.1, 0.15) is 4.88 Å². The van der Waals surface area contributed by atoms with Gasteiger partial charge in [-0.05, 0) is 46.8 Å². The number of hydrogen-bond donors (Lipinski definition) is 1. The number of hydrogen-bond acceptors (Lipinski definition) is 4. The zero-order valence-corrected chi connectivity index (χ0v) is 16.7. The fourth-order valence-corrected chi connectivity index (χ4v) is 4.12. The summed E-state index contributed by atoms with van der Waals surface area (Å²) in [6, 6.07) is 19.5. The van der Waals surface area contributed by atoms with Crippen LogP contribution in [0.15, 0.2) is 78.4 Å². The van der Waals surface area contributed by atoms with E-state index in [1.165, 1.54) is 11.3 Å². The topological polar surface area (TPSA) is 60.3 Å². The Morgan fingerprint density at radius 3 is 2.62 bits per heavy atom. The van der Waals surface area contributed by atoms with Crippen molar-refractivity contribution in [3.05, 3.63) is 88.9 Å². The van der Waals surface area contributed by atoms with Gasteiger partial charge in [0.15, 0.2) is 6.61 Å². The summed E-state index contributed by atoms with van der Waals surface area (Å²) in [4.78, 5) is 25.3. The molecule has 0 spiro atoms. The van der Waals surface area contributed by atoms with Gasteiger partial charge in [-0.1, -0.05) is 42.5 Å². The molecule has 6 heteroatoms. The predicted octanol–water partition coefficient (Wildman–Crippen LogP) is 4.73. The van der Waals surface area contributed by atoms with Crippen LogP contribution in [0.5, 0.6) is 0 Å². The molecular formula is C23H20N2O3S. The molecular weight excluding hydrogens is 384 g/mol. The van der Waals surface area contributed by atoms with Gasteiger partial charge in [0, 0.05) is 12.4 Å². The number of esters is 1. The van der Waals surface area contributed by atoms with Crippen molar-refractivity contribution >= 4 is 34.0 Å². The lowest BCUT2D eigenvalue weighted by Crippen LogP contribution is -2.31. The van der Waals surface area contributed by atoms with E-state index in [1.54, 1.807) is 0 Å². The maximum absolute atomic E-state index is 12.5. The number of amides is 1. The number of benzene rings is 2. The predicted molar refractivity (Wildman–Crippen MR) is 114 cm³/mol. The Kier molecular flexibility index (Phi) is 5.44. The molecule has 0 fully saturated rings. The molecule has 1 amide bonds. The van der Waals surface area contributed by atoms with Gasteiger partial charge >= 0.3 is 5.97 Å². The third kappa shape index (κ3) is 4.07. The molecule has 1 N–H and O–H groups in total. The Bertz CT molecular complexity index is 1140. The minimum Gasteiger partial charge on any atom is -0.451 e. The van der Waals surface area contributed by atoms with Crippen molar-refractivity contribution in [2.75, 3.05) is 6.61 Å². The van der Waals surface area contributed by atoms with Gasteiger partial charge < -0.3 is 14.6 Å². The van der Waals surface area contributed by atoms with Gasteiger partial charge in [0.2, 0.25) is 0 Å². The van der Waals surface area contributed by atoms with E-state index in [1.807, 2.05) is 89.9 Å². The van der Waals surface area contributed by atoms with Crippen LogP contribution in [0.2, 0.25) is 0 Å². The second kappa shape index (κ2) is 8.32. The van der Waals surface area contributed by atoms with E-state index < -0.39 is 5.97 Å². The van der Waals surface area contributed by atoms with Gasteiger partial charge in [-0.3, -0.25) is 4.79 Å². The molecule has 0 bridgehead atoms. The van der Waals surface area contributed by atoms with E-state index in [9.17, 15) is 9.59 Å². The summed E-state index contributed by atoms with van der Waals surface area (Å²) in [5, 5.41) is 6.95. The number of carbonyl (C=O) groups is 2. The molecule has 2 aromatic heterocycles. The number of carbonyl (C=O) groups excluding carboxylic acids is 2. The Morgan fingerprint density at radius 2 is 1.79 bits per heavy atom. The maximum atomic E-state index is 12.5. The normalized spacial score (nSPS) is 11.9. The molecule has 1 unspecified atom stereocenters. The van der Waals surface area contributed by atoms with Gasteiger partial charge in [-0.2, -0.15) is 0 Å². The zero-order chi connectivity index (χ0) is 20.2. The van der Waals surface area contributed by atoms with E-state index in [4.69, 9.17) is 4.74 Å². The molecule has 146 valence electrons. The van der Waals surface area contributed by atoms with Crippen LogP contribution >= 0.6 is 11.3 Å². The van der Waals surface area contributed by atoms with Crippen molar-refractivity contribution in [2.24, 2.45) is 0 Å². The molecule has 2 aromatic carbocycles. The maximum Gasteiger partial charge on any atom is 0.350 e. The Hall–Kier alpha value is -3.38. The van der Waals surface area contributed by atoms with Crippen molar-refractivity contribution < 1.29 is 14.3 Å². The highest BCUT2D eigenvalue weighted by molar-refractivity contribution is 7.12. The van der Waals surface area contributed by atoms with E-state index >= 15 is 0 Å². The molecule has 0 aliphatic carbocycles. The van der Waals surface area contributed by atoms with Crippen LogP contribution in [-0.2, 0) is 9.53 Å². The SMILES string of the molecule is CC(NC(=O)COC(=O)c1sccc1-n1cccc1)c1cccc2ccccc12. The molecule has 0 aliphatic heterocycles. The van der Waals surface area contributed by atoms with E-state index in [-0.39, 0.29) is 18.6 Å². The van der Waals surface area contributed by atoms with Crippen molar-refractivity contribution in [3.63, 3.8) is 0 Å². The smallest absolute Gasteiger partial charge is 0.350 e. The molecule has 0 saturated carbocycles.